The molecule has 0 aliphatic heterocycles. The number of amides is 1. The average Bonchev–Trinajstić information content (AvgIpc) is 2.25. The van der Waals surface area contributed by atoms with Crippen molar-refractivity contribution in [2.45, 2.75) is 12.5 Å². The van der Waals surface area contributed by atoms with Crippen molar-refractivity contribution in [3.8, 4) is 0 Å². The third-order valence-electron chi connectivity index (χ3n) is 2.11. The summed E-state index contributed by atoms with van der Waals surface area (Å²) in [6.07, 6.45) is -0.766. The fraction of sp³-hybridized carbons (Fsp3) is 0.182. The molecule has 1 aromatic carbocycles. The SMILES string of the molecule is O=C(O)C[C@H](NC(=O)c1cc(F)cc(Br)c1)C(=O)O. The molecule has 0 unspecified atom stereocenters. The van der Waals surface area contributed by atoms with Crippen molar-refractivity contribution in [2.75, 3.05) is 0 Å². The molecule has 3 N–H and O–H groups in total. The highest BCUT2D eigenvalue weighted by Gasteiger charge is 2.23. The van der Waals surface area contributed by atoms with Crippen molar-refractivity contribution < 1.29 is 29.0 Å². The van der Waals surface area contributed by atoms with E-state index < -0.39 is 36.1 Å². The third-order valence-corrected chi connectivity index (χ3v) is 2.56. The highest BCUT2D eigenvalue weighted by Crippen LogP contribution is 2.15. The molecule has 1 amide bonds. The lowest BCUT2D eigenvalue weighted by molar-refractivity contribution is -0.145. The Morgan fingerprint density at radius 3 is 2.37 bits per heavy atom. The predicted molar refractivity (Wildman–Crippen MR) is 65.2 cm³/mol. The van der Waals surface area contributed by atoms with Gasteiger partial charge in [-0.25, -0.2) is 9.18 Å². The molecule has 0 aliphatic rings. The van der Waals surface area contributed by atoms with Gasteiger partial charge >= 0.3 is 11.9 Å². The van der Waals surface area contributed by atoms with E-state index in [0.717, 1.165) is 12.1 Å². The Morgan fingerprint density at radius 2 is 1.89 bits per heavy atom. The van der Waals surface area contributed by atoms with E-state index in [2.05, 4.69) is 15.9 Å². The molecule has 0 heterocycles. The van der Waals surface area contributed by atoms with Crippen LogP contribution in [0.3, 0.4) is 0 Å². The molecule has 0 spiro atoms. The average molecular weight is 334 g/mol. The number of hydrogen-bond donors (Lipinski definition) is 3. The van der Waals surface area contributed by atoms with E-state index in [1.165, 1.54) is 6.07 Å². The molecule has 8 heteroatoms. The van der Waals surface area contributed by atoms with E-state index in [-0.39, 0.29) is 5.56 Å². The minimum atomic E-state index is -1.58. The molecule has 0 aliphatic carbocycles. The Balaban J connectivity index is 2.87. The quantitative estimate of drug-likeness (QED) is 0.752. The van der Waals surface area contributed by atoms with Crippen LogP contribution < -0.4 is 5.32 Å². The molecule has 0 radical (unpaired) electrons. The van der Waals surface area contributed by atoms with Gasteiger partial charge in [-0.05, 0) is 18.2 Å². The molecular formula is C11H9BrFNO5. The summed E-state index contributed by atoms with van der Waals surface area (Å²) >= 11 is 2.99. The second-order valence-corrected chi connectivity index (χ2v) is 4.54. The standard InChI is InChI=1S/C11H9BrFNO5/c12-6-1-5(2-7(13)3-6)10(17)14-8(11(18)19)4-9(15)16/h1-3,8H,4H2,(H,14,17)(H,15,16)(H,18,19)/t8-/m0/s1. The number of carbonyl (C=O) groups excluding carboxylic acids is 1. The maximum absolute atomic E-state index is 13.1. The number of halogens is 2. The van der Waals surface area contributed by atoms with Crippen LogP contribution in [0, 0.1) is 5.82 Å². The van der Waals surface area contributed by atoms with Gasteiger partial charge in [0.2, 0.25) is 0 Å². The smallest absolute Gasteiger partial charge is 0.326 e. The number of carboxylic acid groups (broad SMARTS) is 2. The Bertz CT molecular complexity index is 514. The van der Waals surface area contributed by atoms with Gasteiger partial charge in [-0.2, -0.15) is 0 Å². The Kier molecular flexibility index (Phi) is 4.99. The van der Waals surface area contributed by atoms with E-state index in [1.807, 2.05) is 5.32 Å². The number of aliphatic carboxylic acids is 2. The van der Waals surface area contributed by atoms with Gasteiger partial charge in [-0.3, -0.25) is 9.59 Å². The number of carbonyl (C=O) groups is 3. The normalized spacial score (nSPS) is 11.7. The Labute approximate surface area is 115 Å². The lowest BCUT2D eigenvalue weighted by Crippen LogP contribution is -2.42. The summed E-state index contributed by atoms with van der Waals surface area (Å²) in [4.78, 5) is 32.9. The molecule has 1 aromatic rings. The number of carboxylic acids is 2. The first kappa shape index (κ1) is 15.1. The van der Waals surface area contributed by atoms with Crippen LogP contribution >= 0.6 is 15.9 Å². The van der Waals surface area contributed by atoms with E-state index in [4.69, 9.17) is 10.2 Å². The zero-order valence-electron chi connectivity index (χ0n) is 9.39. The van der Waals surface area contributed by atoms with Crippen molar-refractivity contribution in [3.63, 3.8) is 0 Å². The van der Waals surface area contributed by atoms with Crippen LogP contribution in [0.2, 0.25) is 0 Å². The van der Waals surface area contributed by atoms with Crippen molar-refractivity contribution in [2.24, 2.45) is 0 Å². The second kappa shape index (κ2) is 6.28. The monoisotopic (exact) mass is 333 g/mol. The zero-order chi connectivity index (χ0) is 14.6. The molecule has 0 saturated carbocycles. The predicted octanol–water partition coefficient (Wildman–Crippen LogP) is 1.25. The maximum atomic E-state index is 13.1. The van der Waals surface area contributed by atoms with Crippen LogP contribution in [0.1, 0.15) is 16.8 Å². The van der Waals surface area contributed by atoms with Crippen LogP contribution in [0.15, 0.2) is 22.7 Å². The summed E-state index contributed by atoms with van der Waals surface area (Å²) in [6, 6.07) is 1.76. The van der Waals surface area contributed by atoms with Crippen molar-refractivity contribution in [1.82, 2.24) is 5.32 Å². The Hall–Kier alpha value is -1.96. The van der Waals surface area contributed by atoms with Gasteiger partial charge in [-0.1, -0.05) is 15.9 Å². The summed E-state index contributed by atoms with van der Waals surface area (Å²) in [5.74, 6) is -4.39. The molecule has 19 heavy (non-hydrogen) atoms. The minimum Gasteiger partial charge on any atom is -0.481 e. The largest absolute Gasteiger partial charge is 0.481 e. The van der Waals surface area contributed by atoms with Gasteiger partial charge < -0.3 is 15.5 Å². The molecule has 102 valence electrons. The molecule has 0 bridgehead atoms. The van der Waals surface area contributed by atoms with E-state index in [1.54, 1.807) is 0 Å². The molecule has 0 fully saturated rings. The summed E-state index contributed by atoms with van der Waals surface area (Å²) in [5.41, 5.74) is -0.108. The van der Waals surface area contributed by atoms with Crippen LogP contribution in [-0.4, -0.2) is 34.1 Å². The lowest BCUT2D eigenvalue weighted by atomic mass is 10.1. The second-order valence-electron chi connectivity index (χ2n) is 3.62. The number of benzene rings is 1. The maximum Gasteiger partial charge on any atom is 0.326 e. The van der Waals surface area contributed by atoms with Gasteiger partial charge in [0.1, 0.15) is 11.9 Å². The fourth-order valence-electron chi connectivity index (χ4n) is 1.30. The summed E-state index contributed by atoms with van der Waals surface area (Å²) < 4.78 is 13.4. The first-order valence-corrected chi connectivity index (χ1v) is 5.80. The number of nitrogens with one attached hydrogen (secondary N) is 1. The summed E-state index contributed by atoms with van der Waals surface area (Å²) in [7, 11) is 0. The highest BCUT2D eigenvalue weighted by atomic mass is 79.9. The van der Waals surface area contributed by atoms with E-state index >= 15 is 0 Å². The van der Waals surface area contributed by atoms with Gasteiger partial charge in [0.25, 0.3) is 5.91 Å². The van der Waals surface area contributed by atoms with Crippen molar-refractivity contribution in [3.05, 3.63) is 34.1 Å². The number of hydrogen-bond acceptors (Lipinski definition) is 3. The number of rotatable bonds is 5. The van der Waals surface area contributed by atoms with E-state index in [9.17, 15) is 18.8 Å². The van der Waals surface area contributed by atoms with Crippen molar-refractivity contribution in [1.29, 1.82) is 0 Å². The molecule has 1 rings (SSSR count). The Morgan fingerprint density at radius 1 is 1.26 bits per heavy atom. The lowest BCUT2D eigenvalue weighted by Gasteiger charge is -2.12. The molecular weight excluding hydrogens is 325 g/mol. The van der Waals surface area contributed by atoms with Crippen molar-refractivity contribution >= 4 is 33.8 Å². The summed E-state index contributed by atoms with van der Waals surface area (Å²) in [5, 5.41) is 19.3. The van der Waals surface area contributed by atoms with Crippen LogP contribution in [0.25, 0.3) is 0 Å². The third kappa shape index (κ3) is 4.66. The first-order chi connectivity index (χ1) is 8.79. The zero-order valence-corrected chi connectivity index (χ0v) is 11.0. The van der Waals surface area contributed by atoms with E-state index in [0.29, 0.717) is 4.47 Å². The minimum absolute atomic E-state index is 0.108. The molecule has 0 saturated heterocycles. The van der Waals surface area contributed by atoms with Crippen LogP contribution in [-0.2, 0) is 9.59 Å². The van der Waals surface area contributed by atoms with Crippen LogP contribution in [0.4, 0.5) is 4.39 Å². The van der Waals surface area contributed by atoms with Gasteiger partial charge in [0.15, 0.2) is 0 Å². The van der Waals surface area contributed by atoms with Crippen LogP contribution in [0.5, 0.6) is 0 Å². The highest BCUT2D eigenvalue weighted by molar-refractivity contribution is 9.10. The molecule has 0 aromatic heterocycles. The first-order valence-electron chi connectivity index (χ1n) is 5.01. The molecule has 6 nitrogen and oxygen atoms in total. The van der Waals surface area contributed by atoms with Gasteiger partial charge in [0.05, 0.1) is 6.42 Å². The fourth-order valence-corrected chi connectivity index (χ4v) is 1.77. The van der Waals surface area contributed by atoms with Gasteiger partial charge in [0, 0.05) is 10.0 Å². The topological polar surface area (TPSA) is 104 Å². The van der Waals surface area contributed by atoms with Gasteiger partial charge in [-0.15, -0.1) is 0 Å². The summed E-state index contributed by atoms with van der Waals surface area (Å²) in [6.45, 7) is 0. The molecule has 1 atom stereocenters.